The molecule has 3 atom stereocenters. The molecule has 1 saturated heterocycles. The van der Waals surface area contributed by atoms with E-state index in [1.807, 2.05) is 27.7 Å². The van der Waals surface area contributed by atoms with Crippen molar-refractivity contribution < 1.29 is 9.53 Å². The Bertz CT molecular complexity index is 371. The Labute approximate surface area is 135 Å². The lowest BCUT2D eigenvalue weighted by molar-refractivity contribution is 0.0474. The summed E-state index contributed by atoms with van der Waals surface area (Å²) in [4.78, 5) is 14.3. The molecule has 0 radical (unpaired) electrons. The molecule has 1 aliphatic rings. The molecule has 0 aromatic rings. The molecular formula is C17H35N3O2. The second-order valence-corrected chi connectivity index (χ2v) is 8.58. The highest BCUT2D eigenvalue weighted by molar-refractivity contribution is 5.68. The van der Waals surface area contributed by atoms with Crippen LogP contribution >= 0.6 is 0 Å². The first-order valence-electron chi connectivity index (χ1n) is 8.37. The predicted octanol–water partition coefficient (Wildman–Crippen LogP) is 2.59. The van der Waals surface area contributed by atoms with Crippen LogP contribution in [0.4, 0.5) is 4.79 Å². The molecule has 0 bridgehead atoms. The van der Waals surface area contributed by atoms with Gasteiger partial charge in [0.1, 0.15) is 5.60 Å². The van der Waals surface area contributed by atoms with Gasteiger partial charge in [0.05, 0.1) is 0 Å². The summed E-state index contributed by atoms with van der Waals surface area (Å²) in [5.41, 5.74) is 5.81. The second kappa shape index (κ2) is 7.18. The monoisotopic (exact) mass is 313 g/mol. The van der Waals surface area contributed by atoms with Crippen molar-refractivity contribution in [3.8, 4) is 0 Å². The molecule has 1 aliphatic heterocycles. The van der Waals surface area contributed by atoms with Gasteiger partial charge >= 0.3 is 6.09 Å². The number of nitrogens with one attached hydrogen (secondary N) is 1. The Balaban J connectivity index is 2.59. The smallest absolute Gasteiger partial charge is 0.407 e. The van der Waals surface area contributed by atoms with Crippen LogP contribution in [0.1, 0.15) is 54.9 Å². The molecular weight excluding hydrogens is 278 g/mol. The maximum absolute atomic E-state index is 11.9. The van der Waals surface area contributed by atoms with Gasteiger partial charge in [-0.05, 0) is 52.0 Å². The quantitative estimate of drug-likeness (QED) is 0.837. The minimum Gasteiger partial charge on any atom is -0.444 e. The molecule has 0 spiro atoms. The highest BCUT2D eigenvalue weighted by Gasteiger charge is 2.36. The molecule has 3 N–H and O–H groups in total. The molecule has 130 valence electrons. The third-order valence-electron chi connectivity index (χ3n) is 4.48. The first-order valence-corrected chi connectivity index (χ1v) is 8.37. The van der Waals surface area contributed by atoms with Crippen LogP contribution < -0.4 is 11.1 Å². The van der Waals surface area contributed by atoms with E-state index in [0.717, 1.165) is 13.1 Å². The normalized spacial score (nSPS) is 23.2. The number of hydrogen-bond donors (Lipinski definition) is 2. The SMILES string of the molecule is CC(NC(=O)OC(C)(C)C)C(CN)N1CCC(C(C)(C)C)C1. The first-order chi connectivity index (χ1) is 9.94. The molecule has 0 aromatic carbocycles. The van der Waals surface area contributed by atoms with Crippen molar-refractivity contribution in [2.24, 2.45) is 17.1 Å². The molecule has 0 aromatic heterocycles. The number of likely N-dealkylation sites (tertiary alicyclic amines) is 1. The van der Waals surface area contributed by atoms with Crippen molar-refractivity contribution >= 4 is 6.09 Å². The van der Waals surface area contributed by atoms with Crippen molar-refractivity contribution in [2.45, 2.75) is 72.6 Å². The fourth-order valence-electron chi connectivity index (χ4n) is 3.05. The van der Waals surface area contributed by atoms with Gasteiger partial charge in [0.25, 0.3) is 0 Å². The topological polar surface area (TPSA) is 67.6 Å². The zero-order chi connectivity index (χ0) is 17.1. The molecule has 22 heavy (non-hydrogen) atoms. The van der Waals surface area contributed by atoms with Gasteiger partial charge in [-0.25, -0.2) is 4.79 Å². The van der Waals surface area contributed by atoms with Crippen molar-refractivity contribution in [2.75, 3.05) is 19.6 Å². The number of ether oxygens (including phenoxy) is 1. The van der Waals surface area contributed by atoms with Crippen LogP contribution in [-0.4, -0.2) is 48.3 Å². The average Bonchev–Trinajstić information content (AvgIpc) is 2.75. The summed E-state index contributed by atoms with van der Waals surface area (Å²) < 4.78 is 5.33. The van der Waals surface area contributed by atoms with Gasteiger partial charge in [0.15, 0.2) is 0 Å². The number of carbonyl (C=O) groups excluding carboxylic acids is 1. The van der Waals surface area contributed by atoms with E-state index in [-0.39, 0.29) is 18.2 Å². The third kappa shape index (κ3) is 5.76. The summed E-state index contributed by atoms with van der Waals surface area (Å²) in [6, 6.07) is 0.124. The number of carbonyl (C=O) groups is 1. The largest absolute Gasteiger partial charge is 0.444 e. The fourth-order valence-corrected chi connectivity index (χ4v) is 3.05. The molecule has 1 fully saturated rings. The fraction of sp³-hybridized carbons (Fsp3) is 0.941. The van der Waals surface area contributed by atoms with E-state index in [2.05, 4.69) is 31.0 Å². The number of nitrogens with zero attached hydrogens (tertiary/aromatic N) is 1. The van der Waals surface area contributed by atoms with Crippen molar-refractivity contribution in [1.82, 2.24) is 10.2 Å². The van der Waals surface area contributed by atoms with Crippen LogP contribution in [0.3, 0.4) is 0 Å². The zero-order valence-corrected chi connectivity index (χ0v) is 15.4. The molecule has 0 aliphatic carbocycles. The number of alkyl carbamates (subject to hydrolysis) is 1. The number of rotatable bonds is 4. The zero-order valence-electron chi connectivity index (χ0n) is 15.4. The predicted molar refractivity (Wildman–Crippen MR) is 90.8 cm³/mol. The lowest BCUT2D eigenvalue weighted by Gasteiger charge is -2.34. The van der Waals surface area contributed by atoms with Crippen molar-refractivity contribution in [3.63, 3.8) is 0 Å². The summed E-state index contributed by atoms with van der Waals surface area (Å²) in [6.07, 6.45) is 0.823. The van der Waals surface area contributed by atoms with E-state index < -0.39 is 5.60 Å². The number of nitrogens with two attached hydrogens (primary N) is 1. The molecule has 5 heteroatoms. The molecule has 0 saturated carbocycles. The standard InChI is InChI=1S/C17H35N3O2/c1-12(19-15(21)22-17(5,6)7)14(10-18)20-9-8-13(11-20)16(2,3)4/h12-14H,8-11,18H2,1-7H3,(H,19,21). The summed E-state index contributed by atoms with van der Waals surface area (Å²) in [6.45, 7) is 17.1. The molecule has 1 amide bonds. The Morgan fingerprint density at radius 2 is 1.91 bits per heavy atom. The van der Waals surface area contributed by atoms with Crippen LogP contribution in [0.5, 0.6) is 0 Å². The number of amides is 1. The minimum atomic E-state index is -0.479. The summed E-state index contributed by atoms with van der Waals surface area (Å²) in [7, 11) is 0. The van der Waals surface area contributed by atoms with Gasteiger partial charge in [-0.2, -0.15) is 0 Å². The lowest BCUT2D eigenvalue weighted by Crippen LogP contribution is -2.54. The van der Waals surface area contributed by atoms with E-state index in [1.54, 1.807) is 0 Å². The van der Waals surface area contributed by atoms with Gasteiger partial charge in [0, 0.05) is 25.2 Å². The van der Waals surface area contributed by atoms with Crippen LogP contribution in [0, 0.1) is 11.3 Å². The van der Waals surface area contributed by atoms with E-state index in [9.17, 15) is 4.79 Å². The molecule has 5 nitrogen and oxygen atoms in total. The molecule has 1 heterocycles. The van der Waals surface area contributed by atoms with Crippen LogP contribution in [0.15, 0.2) is 0 Å². The summed E-state index contributed by atoms with van der Waals surface area (Å²) in [5, 5.41) is 2.94. The molecule has 3 unspecified atom stereocenters. The van der Waals surface area contributed by atoms with Gasteiger partial charge in [0.2, 0.25) is 0 Å². The van der Waals surface area contributed by atoms with Crippen molar-refractivity contribution in [3.05, 3.63) is 0 Å². The first kappa shape index (κ1) is 19.2. The summed E-state index contributed by atoms with van der Waals surface area (Å²) in [5.74, 6) is 0.676. The van der Waals surface area contributed by atoms with Gasteiger partial charge < -0.3 is 15.8 Å². The second-order valence-electron chi connectivity index (χ2n) is 8.58. The maximum atomic E-state index is 11.9. The minimum absolute atomic E-state index is 0.0291. The van der Waals surface area contributed by atoms with Gasteiger partial charge in [-0.15, -0.1) is 0 Å². The summed E-state index contributed by atoms with van der Waals surface area (Å²) >= 11 is 0. The third-order valence-corrected chi connectivity index (χ3v) is 4.48. The van der Waals surface area contributed by atoms with E-state index in [4.69, 9.17) is 10.5 Å². The highest BCUT2D eigenvalue weighted by Crippen LogP contribution is 2.34. The Kier molecular flexibility index (Phi) is 6.27. The molecule has 1 rings (SSSR count). The van der Waals surface area contributed by atoms with Crippen molar-refractivity contribution in [1.29, 1.82) is 0 Å². The van der Waals surface area contributed by atoms with Crippen LogP contribution in [0.2, 0.25) is 0 Å². The Morgan fingerprint density at radius 3 is 2.32 bits per heavy atom. The van der Waals surface area contributed by atoms with Gasteiger partial charge in [-0.1, -0.05) is 20.8 Å². The maximum Gasteiger partial charge on any atom is 0.407 e. The van der Waals surface area contributed by atoms with E-state index in [1.165, 1.54) is 6.42 Å². The van der Waals surface area contributed by atoms with E-state index >= 15 is 0 Å². The van der Waals surface area contributed by atoms with Gasteiger partial charge in [-0.3, -0.25) is 4.90 Å². The average molecular weight is 313 g/mol. The van der Waals surface area contributed by atoms with Crippen LogP contribution in [0.25, 0.3) is 0 Å². The Morgan fingerprint density at radius 1 is 1.32 bits per heavy atom. The lowest BCUT2D eigenvalue weighted by atomic mass is 9.80. The Hall–Kier alpha value is -0.810. The van der Waals surface area contributed by atoms with E-state index in [0.29, 0.717) is 17.9 Å². The van der Waals surface area contributed by atoms with Crippen LogP contribution in [-0.2, 0) is 4.74 Å². The number of hydrogen-bond acceptors (Lipinski definition) is 4. The highest BCUT2D eigenvalue weighted by atomic mass is 16.6.